The second-order valence-electron chi connectivity index (χ2n) is 4.08. The number of halogens is 3. The van der Waals surface area contributed by atoms with Crippen LogP contribution in [0.2, 0.25) is 0 Å². The number of nitrogens with one attached hydrogen (secondary N) is 2. The second-order valence-corrected chi connectivity index (χ2v) is 4.08. The highest BCUT2D eigenvalue weighted by Gasteiger charge is 2.22. The molecule has 5 nitrogen and oxygen atoms in total. The summed E-state index contributed by atoms with van der Waals surface area (Å²) in [5.41, 5.74) is 0.142. The molecule has 0 aliphatic carbocycles. The van der Waals surface area contributed by atoms with E-state index in [0.717, 1.165) is 12.1 Å². The van der Waals surface area contributed by atoms with E-state index >= 15 is 0 Å². The minimum Gasteiger partial charge on any atom is -0.432 e. The number of benzene rings is 1. The number of amides is 1. The van der Waals surface area contributed by atoms with Crippen LogP contribution in [0.15, 0.2) is 18.2 Å². The Morgan fingerprint density at radius 2 is 2.30 bits per heavy atom. The van der Waals surface area contributed by atoms with Gasteiger partial charge >= 0.3 is 6.61 Å². The first-order valence-electron chi connectivity index (χ1n) is 5.94. The summed E-state index contributed by atoms with van der Waals surface area (Å²) in [6, 6.07) is 3.21. The number of rotatable bonds is 4. The molecule has 2 rings (SSSR count). The maximum Gasteiger partial charge on any atom is 0.387 e. The topological polar surface area (TPSA) is 59.6 Å². The number of carbonyl (C=O) groups excluding carboxylic acids is 1. The summed E-state index contributed by atoms with van der Waals surface area (Å²) in [7, 11) is 0. The molecule has 1 aromatic rings. The van der Waals surface area contributed by atoms with Gasteiger partial charge in [0.2, 0.25) is 0 Å². The molecule has 1 heterocycles. The van der Waals surface area contributed by atoms with Crippen molar-refractivity contribution < 1.29 is 27.4 Å². The van der Waals surface area contributed by atoms with Gasteiger partial charge in [-0.15, -0.1) is 0 Å². The van der Waals surface area contributed by atoms with Crippen molar-refractivity contribution in [3.8, 4) is 5.75 Å². The molecule has 0 unspecified atom stereocenters. The third kappa shape index (κ3) is 3.84. The lowest BCUT2D eigenvalue weighted by Crippen LogP contribution is -2.45. The number of hydrogen-bond acceptors (Lipinski definition) is 4. The molecule has 1 aliphatic rings. The number of morpholine rings is 1. The standard InChI is InChI=1S/C12H13F3N2O3/c13-8-5-7(1-2-9(8)20-12(14)15)17-11(18)10-6-16-3-4-19-10/h1-2,5,10,12,16H,3-4,6H2,(H,17,18)/t10-/m1/s1. The average Bonchev–Trinajstić information content (AvgIpc) is 2.42. The summed E-state index contributed by atoms with van der Waals surface area (Å²) in [5.74, 6) is -1.99. The number of carbonyl (C=O) groups is 1. The lowest BCUT2D eigenvalue weighted by atomic mass is 10.2. The number of alkyl halides is 2. The minimum atomic E-state index is -3.10. The van der Waals surface area contributed by atoms with E-state index < -0.39 is 30.2 Å². The van der Waals surface area contributed by atoms with Crippen molar-refractivity contribution in [3.05, 3.63) is 24.0 Å². The van der Waals surface area contributed by atoms with Crippen molar-refractivity contribution in [1.82, 2.24) is 5.32 Å². The molecule has 1 aliphatic heterocycles. The van der Waals surface area contributed by atoms with Gasteiger partial charge in [0.05, 0.1) is 6.61 Å². The van der Waals surface area contributed by atoms with Crippen molar-refractivity contribution in [2.45, 2.75) is 12.7 Å². The second kappa shape index (κ2) is 6.58. The Kier molecular flexibility index (Phi) is 4.80. The fourth-order valence-electron chi connectivity index (χ4n) is 1.73. The highest BCUT2D eigenvalue weighted by molar-refractivity contribution is 5.94. The summed E-state index contributed by atoms with van der Waals surface area (Å²) in [5, 5.41) is 5.43. The van der Waals surface area contributed by atoms with E-state index in [1.165, 1.54) is 6.07 Å². The first-order chi connectivity index (χ1) is 9.56. The zero-order valence-corrected chi connectivity index (χ0v) is 10.4. The Balaban J connectivity index is 1.99. The zero-order chi connectivity index (χ0) is 14.5. The number of anilines is 1. The predicted molar refractivity (Wildman–Crippen MR) is 64.3 cm³/mol. The summed E-state index contributed by atoms with van der Waals surface area (Å²) in [6.07, 6.45) is -0.663. The molecule has 1 amide bonds. The molecule has 0 aromatic heterocycles. The molecule has 8 heteroatoms. The van der Waals surface area contributed by atoms with Crippen molar-refractivity contribution >= 4 is 11.6 Å². The van der Waals surface area contributed by atoms with Crippen molar-refractivity contribution in [2.24, 2.45) is 0 Å². The average molecular weight is 290 g/mol. The smallest absolute Gasteiger partial charge is 0.387 e. The van der Waals surface area contributed by atoms with Gasteiger partial charge in [0.1, 0.15) is 6.10 Å². The van der Waals surface area contributed by atoms with Crippen LogP contribution in [0.5, 0.6) is 5.75 Å². The molecular weight excluding hydrogens is 277 g/mol. The third-order valence-corrected chi connectivity index (χ3v) is 2.64. The molecule has 0 saturated carbocycles. The molecule has 110 valence electrons. The fraction of sp³-hybridized carbons (Fsp3) is 0.417. The van der Waals surface area contributed by atoms with Gasteiger partial charge in [-0.05, 0) is 12.1 Å². The largest absolute Gasteiger partial charge is 0.432 e. The molecule has 1 fully saturated rings. The van der Waals surface area contributed by atoms with Gasteiger partial charge in [-0.2, -0.15) is 8.78 Å². The first kappa shape index (κ1) is 14.6. The lowest BCUT2D eigenvalue weighted by Gasteiger charge is -2.22. The van der Waals surface area contributed by atoms with Crippen molar-refractivity contribution in [3.63, 3.8) is 0 Å². The Hall–Kier alpha value is -1.80. The Morgan fingerprint density at radius 3 is 2.90 bits per heavy atom. The van der Waals surface area contributed by atoms with Gasteiger partial charge in [-0.3, -0.25) is 4.79 Å². The molecule has 0 radical (unpaired) electrons. The van der Waals surface area contributed by atoms with Crippen LogP contribution in [0.25, 0.3) is 0 Å². The van der Waals surface area contributed by atoms with Crippen molar-refractivity contribution in [1.29, 1.82) is 0 Å². The van der Waals surface area contributed by atoms with Crippen LogP contribution in [-0.4, -0.2) is 38.3 Å². The third-order valence-electron chi connectivity index (χ3n) is 2.64. The van der Waals surface area contributed by atoms with E-state index in [0.29, 0.717) is 19.7 Å². The van der Waals surface area contributed by atoms with Crippen LogP contribution >= 0.6 is 0 Å². The quantitative estimate of drug-likeness (QED) is 0.879. The van der Waals surface area contributed by atoms with Gasteiger partial charge in [-0.1, -0.05) is 0 Å². The molecule has 2 N–H and O–H groups in total. The predicted octanol–water partition coefficient (Wildman–Crippen LogP) is 1.35. The van der Waals surface area contributed by atoms with Crippen LogP contribution in [0, 0.1) is 5.82 Å². The van der Waals surface area contributed by atoms with E-state index in [4.69, 9.17) is 4.74 Å². The van der Waals surface area contributed by atoms with E-state index in [-0.39, 0.29) is 5.69 Å². The van der Waals surface area contributed by atoms with Gasteiger partial charge in [0.15, 0.2) is 11.6 Å². The highest BCUT2D eigenvalue weighted by Crippen LogP contribution is 2.23. The van der Waals surface area contributed by atoms with Crippen LogP contribution in [0.1, 0.15) is 0 Å². The number of hydrogen-bond donors (Lipinski definition) is 2. The maximum atomic E-state index is 13.4. The first-order valence-corrected chi connectivity index (χ1v) is 5.94. The SMILES string of the molecule is O=C(Nc1ccc(OC(F)F)c(F)c1)[C@H]1CNCCO1. The highest BCUT2D eigenvalue weighted by atomic mass is 19.3. The Bertz CT molecular complexity index is 479. The molecule has 1 aromatic carbocycles. The van der Waals surface area contributed by atoms with Gasteiger partial charge < -0.3 is 20.1 Å². The Labute approximate surface area is 113 Å². The summed E-state index contributed by atoms with van der Waals surface area (Å²) in [4.78, 5) is 11.8. The van der Waals surface area contributed by atoms with E-state index in [1.807, 2.05) is 0 Å². The fourth-order valence-corrected chi connectivity index (χ4v) is 1.73. The maximum absolute atomic E-state index is 13.4. The summed E-state index contributed by atoms with van der Waals surface area (Å²) in [6.45, 7) is -1.67. The normalized spacial score (nSPS) is 18.9. The molecular formula is C12H13F3N2O3. The zero-order valence-electron chi connectivity index (χ0n) is 10.4. The van der Waals surface area contributed by atoms with E-state index in [2.05, 4.69) is 15.4 Å². The van der Waals surface area contributed by atoms with Gasteiger partial charge in [0, 0.05) is 24.8 Å². The summed E-state index contributed by atoms with van der Waals surface area (Å²) < 4.78 is 46.6. The van der Waals surface area contributed by atoms with Crippen LogP contribution in [0.4, 0.5) is 18.9 Å². The van der Waals surface area contributed by atoms with Crippen LogP contribution in [0.3, 0.4) is 0 Å². The summed E-state index contributed by atoms with van der Waals surface area (Å²) >= 11 is 0. The van der Waals surface area contributed by atoms with Crippen LogP contribution in [-0.2, 0) is 9.53 Å². The Morgan fingerprint density at radius 1 is 1.50 bits per heavy atom. The van der Waals surface area contributed by atoms with Crippen LogP contribution < -0.4 is 15.4 Å². The van der Waals surface area contributed by atoms with Crippen molar-refractivity contribution in [2.75, 3.05) is 25.0 Å². The molecule has 0 spiro atoms. The molecule has 0 bridgehead atoms. The number of ether oxygens (including phenoxy) is 2. The monoisotopic (exact) mass is 290 g/mol. The van der Waals surface area contributed by atoms with E-state index in [9.17, 15) is 18.0 Å². The van der Waals surface area contributed by atoms with Gasteiger partial charge in [0.25, 0.3) is 5.91 Å². The molecule has 1 saturated heterocycles. The van der Waals surface area contributed by atoms with Gasteiger partial charge in [-0.25, -0.2) is 4.39 Å². The molecule has 1 atom stereocenters. The lowest BCUT2D eigenvalue weighted by molar-refractivity contribution is -0.128. The minimum absolute atomic E-state index is 0.142. The molecule has 20 heavy (non-hydrogen) atoms. The van der Waals surface area contributed by atoms with E-state index in [1.54, 1.807) is 0 Å².